The van der Waals surface area contributed by atoms with Crippen molar-refractivity contribution in [2.24, 2.45) is 11.8 Å². The van der Waals surface area contributed by atoms with Crippen molar-refractivity contribution >= 4 is 29.1 Å². The maximum Gasteiger partial charge on any atom is 0.269 e. The molecule has 2 aliphatic rings. The van der Waals surface area contributed by atoms with Gasteiger partial charge in [0.05, 0.1) is 4.92 Å². The molecule has 0 amide bonds. The minimum Gasteiger partial charge on any atom is -0.258 e. The first-order chi connectivity index (χ1) is 8.65. The van der Waals surface area contributed by atoms with E-state index in [0.717, 1.165) is 10.8 Å². The van der Waals surface area contributed by atoms with Gasteiger partial charge in [-0.15, -0.1) is 23.4 Å². The summed E-state index contributed by atoms with van der Waals surface area (Å²) in [6.07, 6.45) is 3.83. The molecule has 2 fully saturated rings. The Hall–Kier alpha value is -0.740. The van der Waals surface area contributed by atoms with Crippen molar-refractivity contribution in [3.05, 3.63) is 34.4 Å². The summed E-state index contributed by atoms with van der Waals surface area (Å²) in [5.41, 5.74) is 0.148. The second kappa shape index (κ2) is 4.74. The predicted octanol–water partition coefficient (Wildman–Crippen LogP) is 4.09. The number of hydrogen-bond acceptors (Lipinski definition) is 3. The Kier molecular flexibility index (Phi) is 3.24. The average molecular weight is 284 g/mol. The summed E-state index contributed by atoms with van der Waals surface area (Å²) in [4.78, 5) is 11.3. The summed E-state index contributed by atoms with van der Waals surface area (Å²) >= 11 is 8.27. The molecule has 2 aliphatic carbocycles. The van der Waals surface area contributed by atoms with Gasteiger partial charge < -0.3 is 0 Å². The molecule has 0 aliphatic heterocycles. The van der Waals surface area contributed by atoms with Gasteiger partial charge in [0.2, 0.25) is 0 Å². The first-order valence-corrected chi connectivity index (χ1v) is 7.52. The lowest BCUT2D eigenvalue weighted by Gasteiger charge is -2.25. The normalized spacial score (nSPS) is 33.8. The van der Waals surface area contributed by atoms with Crippen molar-refractivity contribution in [2.75, 3.05) is 0 Å². The smallest absolute Gasteiger partial charge is 0.258 e. The Morgan fingerprint density at radius 3 is 2.44 bits per heavy atom. The number of nitro benzene ring substituents is 1. The molecule has 5 heteroatoms. The lowest BCUT2D eigenvalue weighted by molar-refractivity contribution is -0.384. The van der Waals surface area contributed by atoms with E-state index < -0.39 is 0 Å². The van der Waals surface area contributed by atoms with E-state index in [1.807, 2.05) is 12.1 Å². The summed E-state index contributed by atoms with van der Waals surface area (Å²) in [6.45, 7) is 0. The first-order valence-electron chi connectivity index (χ1n) is 6.20. The Bertz CT molecular complexity index is 463. The predicted molar refractivity (Wildman–Crippen MR) is 73.2 cm³/mol. The third-order valence-corrected chi connectivity index (χ3v) is 6.33. The monoisotopic (exact) mass is 283 g/mol. The van der Waals surface area contributed by atoms with Gasteiger partial charge in [-0.25, -0.2) is 0 Å². The molecule has 3 nitrogen and oxygen atoms in total. The summed E-state index contributed by atoms with van der Waals surface area (Å²) in [7, 11) is 0. The SMILES string of the molecule is O=[N+]([O-])c1ccc(S[C@H]2[C@H]3CC[C@@H](C3)[C@H]2Cl)cc1. The number of benzene rings is 1. The Morgan fingerprint density at radius 1 is 1.22 bits per heavy atom. The second-order valence-corrected chi connectivity index (χ2v) is 6.87. The number of halogens is 1. The van der Waals surface area contributed by atoms with E-state index in [4.69, 9.17) is 11.6 Å². The topological polar surface area (TPSA) is 43.1 Å². The molecular formula is C13H14ClNO2S. The zero-order valence-corrected chi connectivity index (χ0v) is 11.4. The molecule has 0 spiro atoms. The molecule has 2 saturated carbocycles. The van der Waals surface area contributed by atoms with Gasteiger partial charge in [0.15, 0.2) is 0 Å². The van der Waals surface area contributed by atoms with Crippen molar-refractivity contribution in [1.82, 2.24) is 0 Å². The second-order valence-electron chi connectivity index (χ2n) is 5.11. The molecule has 0 aromatic heterocycles. The van der Waals surface area contributed by atoms with Gasteiger partial charge in [-0.2, -0.15) is 0 Å². The van der Waals surface area contributed by atoms with Crippen LogP contribution in [0.2, 0.25) is 0 Å². The van der Waals surface area contributed by atoms with E-state index in [1.165, 1.54) is 19.3 Å². The fourth-order valence-corrected chi connectivity index (χ4v) is 5.12. The minimum atomic E-state index is -0.365. The van der Waals surface area contributed by atoms with Gasteiger partial charge in [-0.05, 0) is 43.2 Å². The van der Waals surface area contributed by atoms with Gasteiger partial charge >= 0.3 is 0 Å². The van der Waals surface area contributed by atoms with Gasteiger partial charge in [-0.1, -0.05) is 0 Å². The van der Waals surface area contributed by atoms with Crippen LogP contribution in [-0.4, -0.2) is 15.6 Å². The number of nitrogens with zero attached hydrogens (tertiary/aromatic N) is 1. The average Bonchev–Trinajstić information content (AvgIpc) is 2.94. The van der Waals surface area contributed by atoms with Crippen molar-refractivity contribution in [1.29, 1.82) is 0 Å². The largest absolute Gasteiger partial charge is 0.269 e. The third kappa shape index (κ3) is 2.12. The highest BCUT2D eigenvalue weighted by Crippen LogP contribution is 2.53. The Labute approximate surface area is 115 Å². The number of non-ortho nitro benzene ring substituents is 1. The quantitative estimate of drug-likeness (QED) is 0.477. The highest BCUT2D eigenvalue weighted by molar-refractivity contribution is 8.00. The number of nitro groups is 1. The summed E-state index contributed by atoms with van der Waals surface area (Å²) < 4.78 is 0. The van der Waals surface area contributed by atoms with Crippen LogP contribution in [0.5, 0.6) is 0 Å². The minimum absolute atomic E-state index is 0.148. The van der Waals surface area contributed by atoms with Crippen LogP contribution in [0.4, 0.5) is 5.69 Å². The lowest BCUT2D eigenvalue weighted by Crippen LogP contribution is -2.24. The number of alkyl halides is 1. The zero-order chi connectivity index (χ0) is 12.7. The molecule has 0 unspecified atom stereocenters. The molecule has 0 N–H and O–H groups in total. The Morgan fingerprint density at radius 2 is 1.89 bits per heavy atom. The number of rotatable bonds is 3. The number of hydrogen-bond donors (Lipinski definition) is 0. The standard InChI is InChI=1S/C13H14ClNO2S/c14-12-8-1-2-9(7-8)13(12)18-11-5-3-10(4-6-11)15(16)17/h3-6,8-9,12-13H,1-2,7H2/t8-,9-,12+,13-/m0/s1. The third-order valence-electron chi connectivity index (χ3n) is 4.06. The van der Waals surface area contributed by atoms with E-state index in [-0.39, 0.29) is 16.0 Å². The van der Waals surface area contributed by atoms with E-state index in [2.05, 4.69) is 0 Å². The number of fused-ring (bicyclic) bond motifs is 2. The fraction of sp³-hybridized carbons (Fsp3) is 0.538. The highest BCUT2D eigenvalue weighted by Gasteiger charge is 2.47. The van der Waals surface area contributed by atoms with Crippen molar-refractivity contribution < 1.29 is 4.92 Å². The molecule has 18 heavy (non-hydrogen) atoms. The number of thioether (sulfide) groups is 1. The summed E-state index contributed by atoms with van der Waals surface area (Å²) in [6, 6.07) is 6.80. The van der Waals surface area contributed by atoms with Crippen LogP contribution in [0.25, 0.3) is 0 Å². The molecule has 0 heterocycles. The van der Waals surface area contributed by atoms with E-state index in [9.17, 15) is 10.1 Å². The molecular weight excluding hydrogens is 270 g/mol. The molecule has 0 radical (unpaired) electrons. The van der Waals surface area contributed by atoms with Crippen LogP contribution in [0.3, 0.4) is 0 Å². The maximum absolute atomic E-state index is 10.6. The van der Waals surface area contributed by atoms with Gasteiger partial charge in [-0.3, -0.25) is 10.1 Å². The molecule has 4 atom stereocenters. The first kappa shape index (κ1) is 12.3. The van der Waals surface area contributed by atoms with E-state index in [1.54, 1.807) is 23.9 Å². The van der Waals surface area contributed by atoms with E-state index in [0.29, 0.717) is 11.2 Å². The van der Waals surface area contributed by atoms with Gasteiger partial charge in [0, 0.05) is 27.7 Å². The van der Waals surface area contributed by atoms with Crippen LogP contribution in [0, 0.1) is 22.0 Å². The summed E-state index contributed by atoms with van der Waals surface area (Å²) in [5, 5.41) is 11.3. The molecule has 0 saturated heterocycles. The van der Waals surface area contributed by atoms with E-state index >= 15 is 0 Å². The zero-order valence-electron chi connectivity index (χ0n) is 9.79. The Balaban J connectivity index is 1.71. The van der Waals surface area contributed by atoms with Crippen LogP contribution in [0.1, 0.15) is 19.3 Å². The molecule has 96 valence electrons. The van der Waals surface area contributed by atoms with Crippen LogP contribution < -0.4 is 0 Å². The summed E-state index contributed by atoms with van der Waals surface area (Å²) in [5.74, 6) is 1.42. The van der Waals surface area contributed by atoms with Crippen molar-refractivity contribution in [2.45, 2.75) is 34.8 Å². The fourth-order valence-electron chi connectivity index (χ4n) is 3.13. The van der Waals surface area contributed by atoms with Crippen LogP contribution >= 0.6 is 23.4 Å². The van der Waals surface area contributed by atoms with Crippen molar-refractivity contribution in [3.8, 4) is 0 Å². The molecule has 3 rings (SSSR count). The lowest BCUT2D eigenvalue weighted by atomic mass is 10.00. The molecule has 2 bridgehead atoms. The van der Waals surface area contributed by atoms with Crippen LogP contribution in [-0.2, 0) is 0 Å². The van der Waals surface area contributed by atoms with Gasteiger partial charge in [0.25, 0.3) is 5.69 Å². The van der Waals surface area contributed by atoms with Gasteiger partial charge in [0.1, 0.15) is 0 Å². The van der Waals surface area contributed by atoms with Crippen molar-refractivity contribution in [3.63, 3.8) is 0 Å². The highest BCUT2D eigenvalue weighted by atomic mass is 35.5. The van der Waals surface area contributed by atoms with Crippen LogP contribution in [0.15, 0.2) is 29.2 Å². The molecule has 1 aromatic rings. The maximum atomic E-state index is 10.6. The molecule has 1 aromatic carbocycles.